The maximum atomic E-state index is 11.0. The number of hydrogen-bond acceptors (Lipinski definition) is 4. The van der Waals surface area contributed by atoms with E-state index in [0.29, 0.717) is 19.4 Å². The molecule has 0 aliphatic rings. The number of primary amides is 1. The number of nitrogens with two attached hydrogens (primary N) is 2. The van der Waals surface area contributed by atoms with Gasteiger partial charge in [0.25, 0.3) is 0 Å². The topological polar surface area (TPSA) is 99.8 Å². The lowest BCUT2D eigenvalue weighted by Crippen LogP contribution is -2.26. The Hall–Kier alpha value is -1.43. The Morgan fingerprint density at radius 1 is 1.71 bits per heavy atom. The highest BCUT2D eigenvalue weighted by atomic mass is 16.1. The number of amides is 1. The number of carbonyl (C=O) groups excluding carboxylic acids is 1. The number of aromatic nitrogens is 3. The second kappa shape index (κ2) is 4.71. The van der Waals surface area contributed by atoms with Crippen LogP contribution < -0.4 is 11.5 Å². The molecule has 1 aromatic rings. The molecule has 1 atom stereocenters. The van der Waals surface area contributed by atoms with Crippen molar-refractivity contribution in [3.8, 4) is 0 Å². The van der Waals surface area contributed by atoms with E-state index in [1.165, 1.54) is 4.68 Å². The zero-order valence-electron chi connectivity index (χ0n) is 8.18. The molecule has 0 aromatic carbocycles. The summed E-state index contributed by atoms with van der Waals surface area (Å²) in [6.07, 6.45) is 2.99. The molecule has 0 bridgehead atoms. The summed E-state index contributed by atoms with van der Waals surface area (Å²) in [4.78, 5) is 11.0. The quantitative estimate of drug-likeness (QED) is 0.646. The van der Waals surface area contributed by atoms with Crippen molar-refractivity contribution >= 4 is 5.91 Å². The first-order chi connectivity index (χ1) is 6.69. The van der Waals surface area contributed by atoms with Crippen molar-refractivity contribution in [3.63, 3.8) is 0 Å². The van der Waals surface area contributed by atoms with Gasteiger partial charge in [-0.25, -0.2) is 4.68 Å². The summed E-state index contributed by atoms with van der Waals surface area (Å²) in [6, 6.07) is -0.408. The van der Waals surface area contributed by atoms with Crippen LogP contribution in [0.4, 0.5) is 0 Å². The molecule has 0 saturated heterocycles. The minimum Gasteiger partial charge on any atom is -0.368 e. The standard InChI is InChI=1S/C8H15N5O/c1-2-7(8(10)14)13-5-6(3-4-9)11-12-13/h5,7H,2-4,9H2,1H3,(H2,10,14). The van der Waals surface area contributed by atoms with Crippen molar-refractivity contribution in [2.24, 2.45) is 11.5 Å². The zero-order chi connectivity index (χ0) is 10.6. The first-order valence-corrected chi connectivity index (χ1v) is 4.59. The largest absolute Gasteiger partial charge is 0.368 e. The molecule has 0 fully saturated rings. The van der Waals surface area contributed by atoms with Gasteiger partial charge in [0, 0.05) is 12.6 Å². The lowest BCUT2D eigenvalue weighted by atomic mass is 10.2. The van der Waals surface area contributed by atoms with Gasteiger partial charge in [-0.3, -0.25) is 4.79 Å². The van der Waals surface area contributed by atoms with Crippen LogP contribution >= 0.6 is 0 Å². The number of nitrogens with zero attached hydrogens (tertiary/aromatic N) is 3. The summed E-state index contributed by atoms with van der Waals surface area (Å²) in [5, 5.41) is 7.72. The second-order valence-corrected chi connectivity index (χ2v) is 3.05. The average Bonchev–Trinajstić information content (AvgIpc) is 2.54. The molecule has 1 rings (SSSR count). The minimum atomic E-state index is -0.408. The third kappa shape index (κ3) is 2.29. The predicted octanol–water partition coefficient (Wildman–Crippen LogP) is -0.784. The smallest absolute Gasteiger partial charge is 0.242 e. The van der Waals surface area contributed by atoms with Crippen LogP contribution in [-0.2, 0) is 11.2 Å². The molecule has 1 heterocycles. The fourth-order valence-electron chi connectivity index (χ4n) is 1.25. The van der Waals surface area contributed by atoms with E-state index in [4.69, 9.17) is 11.5 Å². The highest BCUT2D eigenvalue weighted by Gasteiger charge is 2.16. The van der Waals surface area contributed by atoms with Crippen LogP contribution in [0.15, 0.2) is 6.20 Å². The fraction of sp³-hybridized carbons (Fsp3) is 0.625. The van der Waals surface area contributed by atoms with Gasteiger partial charge in [-0.2, -0.15) is 0 Å². The normalized spacial score (nSPS) is 12.7. The third-order valence-corrected chi connectivity index (χ3v) is 1.99. The molecule has 0 aliphatic carbocycles. The van der Waals surface area contributed by atoms with Gasteiger partial charge >= 0.3 is 0 Å². The van der Waals surface area contributed by atoms with Crippen molar-refractivity contribution in [3.05, 3.63) is 11.9 Å². The van der Waals surface area contributed by atoms with Crippen LogP contribution in [0, 0.1) is 0 Å². The van der Waals surface area contributed by atoms with Gasteiger partial charge in [0.05, 0.1) is 5.69 Å². The minimum absolute atomic E-state index is 0.392. The van der Waals surface area contributed by atoms with Crippen LogP contribution in [0.2, 0.25) is 0 Å². The van der Waals surface area contributed by atoms with E-state index in [1.54, 1.807) is 6.20 Å². The summed E-state index contributed by atoms with van der Waals surface area (Å²) < 4.78 is 1.49. The summed E-state index contributed by atoms with van der Waals surface area (Å²) >= 11 is 0. The molecule has 1 amide bonds. The molecule has 6 nitrogen and oxygen atoms in total. The third-order valence-electron chi connectivity index (χ3n) is 1.99. The van der Waals surface area contributed by atoms with E-state index in [9.17, 15) is 4.79 Å². The molecule has 4 N–H and O–H groups in total. The summed E-state index contributed by atoms with van der Waals surface area (Å²) in [5.41, 5.74) is 11.4. The van der Waals surface area contributed by atoms with Crippen molar-refractivity contribution in [2.45, 2.75) is 25.8 Å². The molecule has 1 aromatic heterocycles. The van der Waals surface area contributed by atoms with E-state index in [1.807, 2.05) is 6.92 Å². The molecular formula is C8H15N5O. The van der Waals surface area contributed by atoms with Crippen molar-refractivity contribution in [1.29, 1.82) is 0 Å². The van der Waals surface area contributed by atoms with E-state index in [0.717, 1.165) is 5.69 Å². The van der Waals surface area contributed by atoms with Crippen LogP contribution in [0.25, 0.3) is 0 Å². The summed E-state index contributed by atoms with van der Waals surface area (Å²) in [7, 11) is 0. The molecular weight excluding hydrogens is 182 g/mol. The fourth-order valence-corrected chi connectivity index (χ4v) is 1.25. The van der Waals surface area contributed by atoms with Crippen LogP contribution in [0.3, 0.4) is 0 Å². The van der Waals surface area contributed by atoms with E-state index in [2.05, 4.69) is 10.3 Å². The van der Waals surface area contributed by atoms with E-state index in [-0.39, 0.29) is 0 Å². The van der Waals surface area contributed by atoms with Gasteiger partial charge in [0.1, 0.15) is 6.04 Å². The van der Waals surface area contributed by atoms with Crippen LogP contribution in [0.5, 0.6) is 0 Å². The number of carbonyl (C=O) groups is 1. The molecule has 0 aliphatic heterocycles. The second-order valence-electron chi connectivity index (χ2n) is 3.05. The number of rotatable bonds is 5. The Morgan fingerprint density at radius 2 is 2.43 bits per heavy atom. The molecule has 0 saturated carbocycles. The van der Waals surface area contributed by atoms with E-state index < -0.39 is 11.9 Å². The van der Waals surface area contributed by atoms with Gasteiger partial charge in [0.15, 0.2) is 0 Å². The van der Waals surface area contributed by atoms with Gasteiger partial charge in [-0.05, 0) is 13.0 Å². The SMILES string of the molecule is CCC(C(N)=O)n1cc(CCN)nn1. The Bertz CT molecular complexity index is 308. The Morgan fingerprint density at radius 3 is 2.93 bits per heavy atom. The van der Waals surface area contributed by atoms with Gasteiger partial charge in [-0.15, -0.1) is 5.10 Å². The highest BCUT2D eigenvalue weighted by Crippen LogP contribution is 2.08. The molecule has 78 valence electrons. The summed E-state index contributed by atoms with van der Waals surface area (Å²) in [6.45, 7) is 2.39. The lowest BCUT2D eigenvalue weighted by Gasteiger charge is -2.09. The maximum absolute atomic E-state index is 11.0. The first kappa shape index (κ1) is 10.6. The molecule has 0 spiro atoms. The Balaban J connectivity index is 2.78. The van der Waals surface area contributed by atoms with E-state index >= 15 is 0 Å². The molecule has 6 heteroatoms. The van der Waals surface area contributed by atoms with Gasteiger partial charge in [0.2, 0.25) is 5.91 Å². The highest BCUT2D eigenvalue weighted by molar-refractivity contribution is 5.78. The Kier molecular flexibility index (Phi) is 3.58. The van der Waals surface area contributed by atoms with Crippen molar-refractivity contribution in [1.82, 2.24) is 15.0 Å². The molecule has 1 unspecified atom stereocenters. The maximum Gasteiger partial charge on any atom is 0.242 e. The summed E-state index contributed by atoms with van der Waals surface area (Å²) in [5.74, 6) is -0.392. The molecule has 0 radical (unpaired) electrons. The predicted molar refractivity (Wildman–Crippen MR) is 51.3 cm³/mol. The zero-order valence-corrected chi connectivity index (χ0v) is 8.18. The van der Waals surface area contributed by atoms with Gasteiger partial charge < -0.3 is 11.5 Å². The van der Waals surface area contributed by atoms with Gasteiger partial charge in [-0.1, -0.05) is 12.1 Å². The first-order valence-electron chi connectivity index (χ1n) is 4.59. The van der Waals surface area contributed by atoms with Crippen molar-refractivity contribution < 1.29 is 4.79 Å². The Labute approximate surface area is 82.3 Å². The average molecular weight is 197 g/mol. The molecule has 14 heavy (non-hydrogen) atoms. The lowest BCUT2D eigenvalue weighted by molar-refractivity contribution is -0.121. The van der Waals surface area contributed by atoms with Crippen molar-refractivity contribution in [2.75, 3.05) is 6.54 Å². The number of hydrogen-bond donors (Lipinski definition) is 2. The monoisotopic (exact) mass is 197 g/mol. The van der Waals surface area contributed by atoms with Crippen LogP contribution in [-0.4, -0.2) is 27.4 Å². The van der Waals surface area contributed by atoms with Crippen LogP contribution in [0.1, 0.15) is 25.1 Å².